The molecule has 2 heterocycles. The molecule has 4 rings (SSSR count). The van der Waals surface area contributed by atoms with E-state index in [9.17, 15) is 4.79 Å². The van der Waals surface area contributed by atoms with Crippen LogP contribution in [0.25, 0.3) is 5.69 Å². The molecule has 1 amide bonds. The van der Waals surface area contributed by atoms with E-state index in [1.165, 1.54) is 19.3 Å². The van der Waals surface area contributed by atoms with Crippen molar-refractivity contribution in [2.45, 2.75) is 46.0 Å². The molecule has 0 spiro atoms. The Morgan fingerprint density at radius 2 is 1.96 bits per heavy atom. The second-order valence-electron chi connectivity index (χ2n) is 7.51. The van der Waals surface area contributed by atoms with Crippen LogP contribution in [0.2, 0.25) is 0 Å². The molecule has 0 radical (unpaired) electrons. The summed E-state index contributed by atoms with van der Waals surface area (Å²) in [6, 6.07) is 8.23. The van der Waals surface area contributed by atoms with Gasteiger partial charge in [0.05, 0.1) is 28.8 Å². The van der Waals surface area contributed by atoms with E-state index in [0.717, 1.165) is 34.0 Å². The number of aromatic nitrogens is 4. The Morgan fingerprint density at radius 1 is 1.19 bits per heavy atom. The maximum absolute atomic E-state index is 12.8. The summed E-state index contributed by atoms with van der Waals surface area (Å²) < 4.78 is 3.58. The highest BCUT2D eigenvalue weighted by Crippen LogP contribution is 2.36. The monoisotopic (exact) mass is 363 g/mol. The predicted molar refractivity (Wildman–Crippen MR) is 106 cm³/mol. The Bertz CT molecular complexity index is 1010. The first-order valence-electron chi connectivity index (χ1n) is 9.41. The molecule has 6 heteroatoms. The Labute approximate surface area is 159 Å². The lowest BCUT2D eigenvalue weighted by atomic mass is 9.83. The van der Waals surface area contributed by atoms with Crippen LogP contribution in [0, 0.1) is 20.8 Å². The molecule has 1 aliphatic carbocycles. The van der Waals surface area contributed by atoms with Crippen molar-refractivity contribution in [3.05, 3.63) is 58.5 Å². The van der Waals surface area contributed by atoms with Crippen molar-refractivity contribution in [2.24, 2.45) is 7.05 Å². The van der Waals surface area contributed by atoms with Crippen LogP contribution in [0.5, 0.6) is 0 Å². The maximum Gasteiger partial charge on any atom is 0.260 e. The molecular weight excluding hydrogens is 338 g/mol. The normalized spacial score (nSPS) is 14.2. The summed E-state index contributed by atoms with van der Waals surface area (Å²) in [5.74, 6) is 1.10. The summed E-state index contributed by atoms with van der Waals surface area (Å²) in [5.41, 5.74) is 5.75. The molecule has 140 valence electrons. The van der Waals surface area contributed by atoms with Crippen LogP contribution in [0.15, 0.2) is 30.5 Å². The molecule has 2 aromatic heterocycles. The van der Waals surface area contributed by atoms with Gasteiger partial charge in [-0.2, -0.15) is 10.2 Å². The molecule has 0 aliphatic heterocycles. The molecule has 6 nitrogen and oxygen atoms in total. The minimum atomic E-state index is -0.160. The molecule has 1 N–H and O–H groups in total. The molecule has 3 aromatic rings. The van der Waals surface area contributed by atoms with Gasteiger partial charge >= 0.3 is 0 Å². The van der Waals surface area contributed by atoms with Crippen LogP contribution in [0.4, 0.5) is 5.82 Å². The fourth-order valence-electron chi connectivity index (χ4n) is 3.52. The Kier molecular flexibility index (Phi) is 4.34. The number of nitrogens with zero attached hydrogens (tertiary/aromatic N) is 4. The first-order chi connectivity index (χ1) is 12.9. The summed E-state index contributed by atoms with van der Waals surface area (Å²) in [6.07, 6.45) is 5.27. The first kappa shape index (κ1) is 17.5. The van der Waals surface area contributed by atoms with Gasteiger partial charge in [0.1, 0.15) is 5.82 Å². The molecule has 1 aliphatic rings. The third-order valence-corrected chi connectivity index (χ3v) is 5.51. The fourth-order valence-corrected chi connectivity index (χ4v) is 3.52. The van der Waals surface area contributed by atoms with E-state index in [-0.39, 0.29) is 5.91 Å². The zero-order chi connectivity index (χ0) is 19.1. The molecule has 1 saturated carbocycles. The number of aryl methyl sites for hydroxylation is 3. The highest BCUT2D eigenvalue weighted by atomic mass is 16.1. The Morgan fingerprint density at radius 3 is 2.67 bits per heavy atom. The van der Waals surface area contributed by atoms with Gasteiger partial charge in [-0.05, 0) is 50.8 Å². The van der Waals surface area contributed by atoms with Crippen LogP contribution < -0.4 is 5.32 Å². The van der Waals surface area contributed by atoms with Crippen molar-refractivity contribution in [3.63, 3.8) is 0 Å². The van der Waals surface area contributed by atoms with Gasteiger partial charge in [-0.3, -0.25) is 9.48 Å². The number of carbonyl (C=O) groups is 1. The number of hydrogen-bond donors (Lipinski definition) is 1. The van der Waals surface area contributed by atoms with Crippen molar-refractivity contribution in [3.8, 4) is 5.69 Å². The second-order valence-corrected chi connectivity index (χ2v) is 7.51. The minimum absolute atomic E-state index is 0.160. The quantitative estimate of drug-likeness (QED) is 0.760. The van der Waals surface area contributed by atoms with Crippen LogP contribution in [0.3, 0.4) is 0 Å². The second kappa shape index (κ2) is 6.68. The molecule has 0 unspecified atom stereocenters. The summed E-state index contributed by atoms with van der Waals surface area (Å²) in [7, 11) is 1.87. The lowest BCUT2D eigenvalue weighted by Gasteiger charge is -2.22. The predicted octanol–water partition coefficient (Wildman–Crippen LogP) is 4.05. The van der Waals surface area contributed by atoms with Crippen molar-refractivity contribution in [1.82, 2.24) is 19.6 Å². The van der Waals surface area contributed by atoms with Crippen LogP contribution in [-0.2, 0) is 7.05 Å². The van der Waals surface area contributed by atoms with Crippen LogP contribution >= 0.6 is 0 Å². The lowest BCUT2D eigenvalue weighted by molar-refractivity contribution is 0.102. The SMILES string of the molecule is Cc1ccc(C)c(-n2ncc(C(=O)Nc3cc(C4CCC4)nn3C)c2C)c1. The van der Waals surface area contributed by atoms with Crippen molar-refractivity contribution in [2.75, 3.05) is 5.32 Å². The number of rotatable bonds is 4. The van der Waals surface area contributed by atoms with Crippen molar-refractivity contribution < 1.29 is 4.79 Å². The standard InChI is InChI=1S/C21H25N5O/c1-13-8-9-14(2)19(10-13)26-15(3)17(12-22-26)21(27)23-20-11-18(24-25(20)4)16-6-5-7-16/h8-12,16H,5-7H2,1-4H3,(H,23,27). The Hall–Kier alpha value is -2.89. The third kappa shape index (κ3) is 3.16. The number of benzene rings is 1. The van der Waals surface area contributed by atoms with Gasteiger partial charge in [0.25, 0.3) is 5.91 Å². The van der Waals surface area contributed by atoms with E-state index in [1.807, 2.05) is 31.6 Å². The topological polar surface area (TPSA) is 64.7 Å². The smallest absolute Gasteiger partial charge is 0.260 e. The summed E-state index contributed by atoms with van der Waals surface area (Å²) >= 11 is 0. The third-order valence-electron chi connectivity index (χ3n) is 5.51. The van der Waals surface area contributed by atoms with E-state index in [4.69, 9.17) is 0 Å². The van der Waals surface area contributed by atoms with Gasteiger partial charge in [-0.1, -0.05) is 18.6 Å². The average molecular weight is 363 g/mol. The number of carbonyl (C=O) groups excluding carboxylic acids is 1. The maximum atomic E-state index is 12.8. The number of anilines is 1. The number of nitrogens with one attached hydrogen (secondary N) is 1. The van der Waals surface area contributed by atoms with Crippen LogP contribution in [0.1, 0.15) is 58.1 Å². The van der Waals surface area contributed by atoms with Gasteiger partial charge in [0.15, 0.2) is 0 Å². The molecular formula is C21H25N5O. The molecule has 0 bridgehead atoms. The molecule has 0 atom stereocenters. The molecule has 1 fully saturated rings. The Balaban J connectivity index is 1.59. The minimum Gasteiger partial charge on any atom is -0.307 e. The van der Waals surface area contributed by atoms with Gasteiger partial charge < -0.3 is 5.32 Å². The summed E-state index contributed by atoms with van der Waals surface area (Å²) in [6.45, 7) is 6.03. The molecule has 27 heavy (non-hydrogen) atoms. The van der Waals surface area contributed by atoms with Gasteiger partial charge in [-0.25, -0.2) is 4.68 Å². The molecule has 0 saturated heterocycles. The van der Waals surface area contributed by atoms with E-state index >= 15 is 0 Å². The zero-order valence-corrected chi connectivity index (χ0v) is 16.3. The van der Waals surface area contributed by atoms with E-state index < -0.39 is 0 Å². The van der Waals surface area contributed by atoms with E-state index in [1.54, 1.807) is 10.9 Å². The van der Waals surface area contributed by atoms with Crippen molar-refractivity contribution in [1.29, 1.82) is 0 Å². The number of amides is 1. The highest BCUT2D eigenvalue weighted by Gasteiger charge is 2.24. The summed E-state index contributed by atoms with van der Waals surface area (Å²) in [4.78, 5) is 12.8. The summed E-state index contributed by atoms with van der Waals surface area (Å²) in [5, 5.41) is 12.0. The van der Waals surface area contributed by atoms with E-state index in [0.29, 0.717) is 11.5 Å². The number of hydrogen-bond acceptors (Lipinski definition) is 3. The van der Waals surface area contributed by atoms with E-state index in [2.05, 4.69) is 40.6 Å². The molecule has 1 aromatic carbocycles. The highest BCUT2D eigenvalue weighted by molar-refractivity contribution is 6.04. The van der Waals surface area contributed by atoms with Crippen molar-refractivity contribution >= 4 is 11.7 Å². The van der Waals surface area contributed by atoms with Gasteiger partial charge in [0.2, 0.25) is 0 Å². The van der Waals surface area contributed by atoms with Crippen LogP contribution in [-0.4, -0.2) is 25.5 Å². The average Bonchev–Trinajstić information content (AvgIpc) is 3.11. The largest absolute Gasteiger partial charge is 0.307 e. The van der Waals surface area contributed by atoms with Gasteiger partial charge in [-0.15, -0.1) is 0 Å². The first-order valence-corrected chi connectivity index (χ1v) is 9.41. The zero-order valence-electron chi connectivity index (χ0n) is 16.3. The van der Waals surface area contributed by atoms with Gasteiger partial charge in [0, 0.05) is 19.0 Å². The lowest BCUT2D eigenvalue weighted by Crippen LogP contribution is -2.15. The fraction of sp³-hybridized carbons (Fsp3) is 0.381.